The van der Waals surface area contributed by atoms with Gasteiger partial charge in [0, 0.05) is 35.7 Å². The summed E-state index contributed by atoms with van der Waals surface area (Å²) in [6.07, 6.45) is 7.23. The molecule has 3 unspecified atom stereocenters. The molecule has 2 aliphatic rings. The highest BCUT2D eigenvalue weighted by Crippen LogP contribution is 2.29. The summed E-state index contributed by atoms with van der Waals surface area (Å²) < 4.78 is 5.67. The number of fused-ring (bicyclic) bond motifs is 1. The van der Waals surface area contributed by atoms with Crippen LogP contribution in [0.2, 0.25) is 0 Å². The van der Waals surface area contributed by atoms with Gasteiger partial charge in [-0.05, 0) is 55.8 Å². The maximum atomic E-state index is 5.67. The van der Waals surface area contributed by atoms with Gasteiger partial charge in [0.25, 0.3) is 0 Å². The lowest BCUT2D eigenvalue weighted by molar-refractivity contribution is 0.0526. The average molecular weight is 327 g/mol. The van der Waals surface area contributed by atoms with Gasteiger partial charge in [0.2, 0.25) is 0 Å². The van der Waals surface area contributed by atoms with Crippen LogP contribution in [-0.2, 0) is 11.2 Å². The number of aromatic amines is 1. The van der Waals surface area contributed by atoms with Crippen LogP contribution in [0.1, 0.15) is 30.4 Å². The van der Waals surface area contributed by atoms with Gasteiger partial charge in [-0.3, -0.25) is 0 Å². The first kappa shape index (κ1) is 16.1. The van der Waals surface area contributed by atoms with E-state index in [1.54, 1.807) is 0 Å². The zero-order chi connectivity index (χ0) is 16.4. The first-order chi connectivity index (χ1) is 11.8. The second-order valence-corrected chi connectivity index (χ2v) is 7.40. The molecule has 130 valence electrons. The van der Waals surface area contributed by atoms with E-state index in [1.165, 1.54) is 41.3 Å². The van der Waals surface area contributed by atoms with E-state index in [9.17, 15) is 0 Å². The molecule has 1 aromatic carbocycles. The molecular weight excluding hydrogens is 298 g/mol. The van der Waals surface area contributed by atoms with Gasteiger partial charge in [-0.15, -0.1) is 0 Å². The average Bonchev–Trinajstić information content (AvgIpc) is 3.23. The Morgan fingerprint density at radius 1 is 1.29 bits per heavy atom. The van der Waals surface area contributed by atoms with Crippen LogP contribution in [0.15, 0.2) is 24.4 Å². The molecule has 2 fully saturated rings. The molecule has 2 aromatic rings. The fourth-order valence-electron chi connectivity index (χ4n) is 4.48. The number of H-pyrrole nitrogens is 1. The number of benzene rings is 1. The molecular formula is C20H29N3O. The number of aromatic nitrogens is 1. The number of aryl methyl sites for hydroxylation is 1. The molecule has 4 nitrogen and oxygen atoms in total. The third-order valence-electron chi connectivity index (χ3n) is 5.76. The highest BCUT2D eigenvalue weighted by Gasteiger charge is 2.34. The molecule has 24 heavy (non-hydrogen) atoms. The summed E-state index contributed by atoms with van der Waals surface area (Å²) in [5.74, 6) is 0.718. The van der Waals surface area contributed by atoms with Crippen LogP contribution in [0, 0.1) is 12.8 Å². The molecule has 3 N–H and O–H groups in total. The topological polar surface area (TPSA) is 49.1 Å². The largest absolute Gasteiger partial charge is 0.379 e. The molecule has 0 radical (unpaired) electrons. The van der Waals surface area contributed by atoms with Gasteiger partial charge in [0.15, 0.2) is 0 Å². The van der Waals surface area contributed by atoms with Crippen LogP contribution in [0.5, 0.6) is 0 Å². The second kappa shape index (κ2) is 7.26. The maximum absolute atomic E-state index is 5.67. The first-order valence-corrected chi connectivity index (χ1v) is 9.42. The molecule has 3 atom stereocenters. The number of morpholine rings is 1. The third kappa shape index (κ3) is 3.37. The zero-order valence-corrected chi connectivity index (χ0v) is 14.6. The molecule has 4 heteroatoms. The number of hydrogen-bond acceptors (Lipinski definition) is 3. The highest BCUT2D eigenvalue weighted by molar-refractivity contribution is 5.83. The standard InChI is InChI=1S/C20H29N3O/c1-14-5-6-16-15(12-23-19(16)11-14)7-8-21-18-4-2-3-17(18)20-13-24-10-9-22-20/h5-6,11-12,17-18,20-23H,2-4,7-10,13H2,1H3. The quantitative estimate of drug-likeness (QED) is 0.791. The Bertz CT molecular complexity index is 675. The summed E-state index contributed by atoms with van der Waals surface area (Å²) in [5, 5.41) is 8.86. The summed E-state index contributed by atoms with van der Waals surface area (Å²) in [6, 6.07) is 7.85. The van der Waals surface area contributed by atoms with Crippen LogP contribution < -0.4 is 10.6 Å². The summed E-state index contributed by atoms with van der Waals surface area (Å²) >= 11 is 0. The van der Waals surface area contributed by atoms with E-state index in [2.05, 4.69) is 46.9 Å². The molecule has 1 aliphatic heterocycles. The van der Waals surface area contributed by atoms with E-state index in [4.69, 9.17) is 4.74 Å². The van der Waals surface area contributed by atoms with Crippen LogP contribution in [0.4, 0.5) is 0 Å². The van der Waals surface area contributed by atoms with Crippen molar-refractivity contribution in [3.8, 4) is 0 Å². The normalized spacial score (nSPS) is 27.8. The van der Waals surface area contributed by atoms with E-state index >= 15 is 0 Å². The minimum atomic E-state index is 0.537. The third-order valence-corrected chi connectivity index (χ3v) is 5.76. The molecule has 1 saturated heterocycles. The molecule has 1 saturated carbocycles. The Balaban J connectivity index is 1.34. The van der Waals surface area contributed by atoms with Crippen molar-refractivity contribution in [2.75, 3.05) is 26.3 Å². The van der Waals surface area contributed by atoms with E-state index in [0.717, 1.165) is 38.6 Å². The summed E-state index contributed by atoms with van der Waals surface area (Å²) in [4.78, 5) is 3.41. The van der Waals surface area contributed by atoms with Crippen LogP contribution in [0.3, 0.4) is 0 Å². The summed E-state index contributed by atoms with van der Waals surface area (Å²) in [6.45, 7) is 5.94. The molecule has 1 aliphatic carbocycles. The number of ether oxygens (including phenoxy) is 1. The van der Waals surface area contributed by atoms with Crippen molar-refractivity contribution < 1.29 is 4.74 Å². The van der Waals surface area contributed by atoms with Crippen molar-refractivity contribution in [3.05, 3.63) is 35.5 Å². The van der Waals surface area contributed by atoms with Gasteiger partial charge in [-0.25, -0.2) is 0 Å². The SMILES string of the molecule is Cc1ccc2c(CCNC3CCCC3C3COCCN3)c[nH]c2c1. The molecule has 1 aromatic heterocycles. The summed E-state index contributed by atoms with van der Waals surface area (Å²) in [7, 11) is 0. The fourth-order valence-corrected chi connectivity index (χ4v) is 4.48. The Kier molecular flexibility index (Phi) is 4.88. The predicted molar refractivity (Wildman–Crippen MR) is 98.5 cm³/mol. The van der Waals surface area contributed by atoms with E-state index in [-0.39, 0.29) is 0 Å². The summed E-state index contributed by atoms with van der Waals surface area (Å²) in [5.41, 5.74) is 3.99. The van der Waals surface area contributed by atoms with Gasteiger partial charge in [-0.1, -0.05) is 18.6 Å². The van der Waals surface area contributed by atoms with E-state index in [0.29, 0.717) is 12.1 Å². The Hall–Kier alpha value is -1.36. The number of nitrogens with one attached hydrogen (secondary N) is 3. The van der Waals surface area contributed by atoms with Gasteiger partial charge in [-0.2, -0.15) is 0 Å². The van der Waals surface area contributed by atoms with Crippen molar-refractivity contribution >= 4 is 10.9 Å². The van der Waals surface area contributed by atoms with Crippen molar-refractivity contribution in [2.24, 2.45) is 5.92 Å². The molecule has 2 heterocycles. The molecule has 0 bridgehead atoms. The smallest absolute Gasteiger partial charge is 0.0623 e. The second-order valence-electron chi connectivity index (χ2n) is 7.40. The van der Waals surface area contributed by atoms with E-state index < -0.39 is 0 Å². The zero-order valence-electron chi connectivity index (χ0n) is 14.6. The molecule has 0 amide bonds. The maximum Gasteiger partial charge on any atom is 0.0623 e. The lowest BCUT2D eigenvalue weighted by Crippen LogP contribution is -2.51. The number of hydrogen-bond donors (Lipinski definition) is 3. The van der Waals surface area contributed by atoms with E-state index in [1.807, 2.05) is 0 Å². The minimum Gasteiger partial charge on any atom is -0.379 e. The lowest BCUT2D eigenvalue weighted by atomic mass is 9.94. The van der Waals surface area contributed by atoms with Gasteiger partial charge in [0.1, 0.15) is 0 Å². The monoisotopic (exact) mass is 327 g/mol. The predicted octanol–water partition coefficient (Wildman–Crippen LogP) is 2.77. The van der Waals surface area contributed by atoms with Gasteiger partial charge < -0.3 is 20.4 Å². The highest BCUT2D eigenvalue weighted by atomic mass is 16.5. The minimum absolute atomic E-state index is 0.537. The van der Waals surface area contributed by atoms with Crippen LogP contribution in [-0.4, -0.2) is 43.4 Å². The van der Waals surface area contributed by atoms with Crippen molar-refractivity contribution in [1.29, 1.82) is 0 Å². The fraction of sp³-hybridized carbons (Fsp3) is 0.600. The molecule has 4 rings (SSSR count). The van der Waals surface area contributed by atoms with Crippen molar-refractivity contribution in [3.63, 3.8) is 0 Å². The first-order valence-electron chi connectivity index (χ1n) is 9.42. The van der Waals surface area contributed by atoms with Crippen LogP contribution in [0.25, 0.3) is 10.9 Å². The van der Waals surface area contributed by atoms with Crippen molar-refractivity contribution in [2.45, 2.75) is 44.7 Å². The van der Waals surface area contributed by atoms with Crippen LogP contribution >= 0.6 is 0 Å². The number of rotatable bonds is 5. The molecule has 0 spiro atoms. The Labute approximate surface area is 144 Å². The van der Waals surface area contributed by atoms with Crippen molar-refractivity contribution in [1.82, 2.24) is 15.6 Å². The van der Waals surface area contributed by atoms with Gasteiger partial charge >= 0.3 is 0 Å². The Morgan fingerprint density at radius 3 is 3.12 bits per heavy atom. The van der Waals surface area contributed by atoms with Gasteiger partial charge in [0.05, 0.1) is 13.2 Å². The Morgan fingerprint density at radius 2 is 2.25 bits per heavy atom. The lowest BCUT2D eigenvalue weighted by Gasteiger charge is -2.33.